The molecule has 6 unspecified atom stereocenters. The van der Waals surface area contributed by atoms with Crippen molar-refractivity contribution in [1.29, 1.82) is 0 Å². The molecule has 1 saturated carbocycles. The smallest absolute Gasteiger partial charge is 0.207 e. The molecule has 0 N–H and O–H groups in total. The van der Waals surface area contributed by atoms with Crippen molar-refractivity contribution < 1.29 is 39.5 Å². The summed E-state index contributed by atoms with van der Waals surface area (Å²) in [7, 11) is 0. The lowest BCUT2D eigenvalue weighted by Crippen LogP contribution is -2.43. The number of rotatable bonds is 1. The fraction of sp³-hybridized carbons (Fsp3) is 0.500. The fourth-order valence-electron chi connectivity index (χ4n) is 2.33. The molecule has 11 heteroatoms. The van der Waals surface area contributed by atoms with Crippen LogP contribution in [0.25, 0.3) is 0 Å². The van der Waals surface area contributed by atoms with E-state index < -0.39 is 66.7 Å². The quantitative estimate of drug-likeness (QED) is 0.209. The third-order valence-corrected chi connectivity index (χ3v) is 5.85. The minimum atomic E-state index is -4.33. The van der Waals surface area contributed by atoms with Crippen LogP contribution in [-0.2, 0) is 0 Å². The first-order valence-electron chi connectivity index (χ1n) is 5.88. The SMILES string of the molecule is FC1=C(F)C(C2(F)C(F)C(F)C(I)C2F)=C(F)C(F)C(F)=C1I. The lowest BCUT2D eigenvalue weighted by molar-refractivity contribution is 0.0348. The minimum absolute atomic E-state index is 0.784. The standard InChI is InChI=1S/C12H5F9I2/c13-2-1(3(14)5(16)8(22)6(17)4(2)15)12(21)10(19)7(18)9(23)11(12)20/h4,7,9-11H. The zero-order chi connectivity index (χ0) is 17.9. The van der Waals surface area contributed by atoms with Gasteiger partial charge in [-0.3, -0.25) is 0 Å². The Bertz CT molecular complexity index is 612. The van der Waals surface area contributed by atoms with Crippen molar-refractivity contribution in [2.24, 2.45) is 0 Å². The monoisotopic (exact) mass is 574 g/mol. The van der Waals surface area contributed by atoms with Crippen LogP contribution >= 0.6 is 45.2 Å². The molecule has 2 aliphatic carbocycles. The van der Waals surface area contributed by atoms with Crippen LogP contribution in [0.2, 0.25) is 0 Å². The van der Waals surface area contributed by atoms with Crippen LogP contribution in [0, 0.1) is 0 Å². The number of allylic oxidation sites excluding steroid dienone is 6. The molecule has 0 bridgehead atoms. The Morgan fingerprint density at radius 1 is 0.826 bits per heavy atom. The molecule has 0 spiro atoms. The second-order valence-electron chi connectivity index (χ2n) is 4.84. The first kappa shape index (κ1) is 19.4. The fourth-order valence-corrected chi connectivity index (χ4v) is 3.73. The zero-order valence-corrected chi connectivity index (χ0v) is 14.9. The number of alkyl halides is 6. The second kappa shape index (κ2) is 6.41. The van der Waals surface area contributed by atoms with Gasteiger partial charge >= 0.3 is 0 Å². The molecule has 0 radical (unpaired) electrons. The highest BCUT2D eigenvalue weighted by Crippen LogP contribution is 2.54. The van der Waals surface area contributed by atoms with Gasteiger partial charge in [0.1, 0.15) is 6.17 Å². The van der Waals surface area contributed by atoms with Crippen LogP contribution in [-0.4, -0.2) is 34.3 Å². The van der Waals surface area contributed by atoms with Crippen LogP contribution in [0.4, 0.5) is 39.5 Å². The van der Waals surface area contributed by atoms with Gasteiger partial charge in [0.15, 0.2) is 35.7 Å². The molecule has 0 aromatic heterocycles. The number of halogens is 11. The Kier molecular flexibility index (Phi) is 5.40. The molecule has 2 rings (SSSR count). The van der Waals surface area contributed by atoms with Gasteiger partial charge in [-0.15, -0.1) is 0 Å². The van der Waals surface area contributed by atoms with Crippen molar-refractivity contribution in [1.82, 2.24) is 0 Å². The third kappa shape index (κ3) is 2.63. The molecule has 0 aromatic rings. The van der Waals surface area contributed by atoms with E-state index >= 15 is 0 Å². The molecule has 0 aliphatic heterocycles. The molecular weight excluding hydrogens is 569 g/mol. The van der Waals surface area contributed by atoms with Crippen LogP contribution in [0.5, 0.6) is 0 Å². The summed E-state index contributed by atoms with van der Waals surface area (Å²) in [5, 5.41) is 0. The topological polar surface area (TPSA) is 0 Å². The van der Waals surface area contributed by atoms with Crippen LogP contribution in [0.15, 0.2) is 32.5 Å². The summed E-state index contributed by atoms with van der Waals surface area (Å²) in [6, 6.07) is 0. The lowest BCUT2D eigenvalue weighted by atomic mass is 9.88. The molecule has 130 valence electrons. The van der Waals surface area contributed by atoms with Gasteiger partial charge in [0, 0.05) is 0 Å². The number of hydrogen-bond donors (Lipinski definition) is 0. The maximum Gasteiger partial charge on any atom is 0.207 e. The van der Waals surface area contributed by atoms with E-state index in [4.69, 9.17) is 0 Å². The van der Waals surface area contributed by atoms with Crippen LogP contribution < -0.4 is 0 Å². The lowest BCUT2D eigenvalue weighted by Gasteiger charge is -2.27. The largest absolute Gasteiger partial charge is 0.243 e. The third-order valence-electron chi connectivity index (χ3n) is 3.55. The summed E-state index contributed by atoms with van der Waals surface area (Å²) in [6.45, 7) is 0. The Balaban J connectivity index is 2.76. The van der Waals surface area contributed by atoms with E-state index in [2.05, 4.69) is 0 Å². The predicted molar refractivity (Wildman–Crippen MR) is 80.8 cm³/mol. The summed E-state index contributed by atoms with van der Waals surface area (Å²) < 4.78 is 121. The molecule has 0 saturated heterocycles. The van der Waals surface area contributed by atoms with Crippen molar-refractivity contribution in [3.8, 4) is 0 Å². The van der Waals surface area contributed by atoms with Gasteiger partial charge in [-0.25, -0.2) is 39.5 Å². The predicted octanol–water partition coefficient (Wildman–Crippen LogP) is 5.87. The molecule has 0 nitrogen and oxygen atoms in total. The average Bonchev–Trinajstić information content (AvgIpc) is 2.64. The molecule has 6 atom stereocenters. The van der Waals surface area contributed by atoms with Crippen molar-refractivity contribution >= 4 is 45.2 Å². The van der Waals surface area contributed by atoms with E-state index in [0.717, 1.165) is 45.2 Å². The Morgan fingerprint density at radius 2 is 1.35 bits per heavy atom. The average molecular weight is 574 g/mol. The maximum atomic E-state index is 14.7. The summed E-state index contributed by atoms with van der Waals surface area (Å²) in [6.07, 6.45) is -12.8. The Morgan fingerprint density at radius 3 is 1.78 bits per heavy atom. The molecule has 0 aromatic carbocycles. The first-order valence-corrected chi connectivity index (χ1v) is 8.20. The molecule has 1 fully saturated rings. The van der Waals surface area contributed by atoms with Crippen LogP contribution in [0.1, 0.15) is 0 Å². The molecule has 23 heavy (non-hydrogen) atoms. The molecule has 2 aliphatic rings. The van der Waals surface area contributed by atoms with Gasteiger partial charge in [0.2, 0.25) is 11.8 Å². The van der Waals surface area contributed by atoms with Crippen LogP contribution in [0.3, 0.4) is 0 Å². The van der Waals surface area contributed by atoms with E-state index in [0.29, 0.717) is 0 Å². The first-order chi connectivity index (χ1) is 10.5. The van der Waals surface area contributed by atoms with Gasteiger partial charge in [0.05, 0.1) is 13.1 Å². The van der Waals surface area contributed by atoms with Crippen molar-refractivity contribution in [2.75, 3.05) is 0 Å². The summed E-state index contributed by atoms with van der Waals surface area (Å²) >= 11 is 1.76. The van der Waals surface area contributed by atoms with Crippen molar-refractivity contribution in [3.05, 3.63) is 32.5 Å². The maximum absolute atomic E-state index is 14.7. The van der Waals surface area contributed by atoms with E-state index in [1.54, 1.807) is 0 Å². The van der Waals surface area contributed by atoms with Gasteiger partial charge in [-0.2, -0.15) is 0 Å². The normalized spacial score (nSPS) is 42.7. The highest BCUT2D eigenvalue weighted by molar-refractivity contribution is 14.1. The van der Waals surface area contributed by atoms with E-state index in [1.165, 1.54) is 0 Å². The van der Waals surface area contributed by atoms with E-state index in [9.17, 15) is 39.5 Å². The Labute approximate surface area is 151 Å². The van der Waals surface area contributed by atoms with Crippen molar-refractivity contribution in [3.63, 3.8) is 0 Å². The van der Waals surface area contributed by atoms with Crippen molar-refractivity contribution in [2.45, 2.75) is 34.3 Å². The zero-order valence-electron chi connectivity index (χ0n) is 10.5. The van der Waals surface area contributed by atoms with Gasteiger partial charge < -0.3 is 0 Å². The molecular formula is C12H5F9I2. The highest BCUT2D eigenvalue weighted by atomic mass is 127. The van der Waals surface area contributed by atoms with Gasteiger partial charge in [-0.1, -0.05) is 22.6 Å². The summed E-state index contributed by atoms with van der Waals surface area (Å²) in [5.74, 6) is -9.43. The van der Waals surface area contributed by atoms with Gasteiger partial charge in [0.25, 0.3) is 0 Å². The molecule has 0 amide bonds. The highest BCUT2D eigenvalue weighted by Gasteiger charge is 2.67. The molecule has 0 heterocycles. The van der Waals surface area contributed by atoms with E-state index in [1.807, 2.05) is 0 Å². The Hall–Kier alpha value is 0.0500. The van der Waals surface area contributed by atoms with Gasteiger partial charge in [-0.05, 0) is 22.6 Å². The summed E-state index contributed by atoms with van der Waals surface area (Å²) in [5.41, 5.74) is -6.64. The number of hydrogen-bond acceptors (Lipinski definition) is 0. The van der Waals surface area contributed by atoms with E-state index in [-0.39, 0.29) is 0 Å². The summed E-state index contributed by atoms with van der Waals surface area (Å²) in [4.78, 5) is 0. The second-order valence-corrected chi connectivity index (χ2v) is 7.35. The minimum Gasteiger partial charge on any atom is -0.243 e.